The summed E-state index contributed by atoms with van der Waals surface area (Å²) in [5, 5.41) is 2.83. The molecule has 0 saturated carbocycles. The minimum Gasteiger partial charge on any atom is -0.354 e. The molecule has 1 aliphatic rings. The second kappa shape index (κ2) is 7.07. The topological polar surface area (TPSA) is 32.3 Å². The summed E-state index contributed by atoms with van der Waals surface area (Å²) in [4.78, 5) is 13.4. The molecule has 3 nitrogen and oxygen atoms in total. The highest BCUT2D eigenvalue weighted by Crippen LogP contribution is 2.08. The average molecular weight is 234 g/mol. The van der Waals surface area contributed by atoms with Crippen molar-refractivity contribution in [3.05, 3.63) is 35.4 Å². The standard InChI is InChI=1S/C12H16N2O.C2H6/c1-10-3-2-4-11(7-10)8-14-6-5-13-12(15)9-14;1-2/h2-4,7H,5-6,8-9H2,1H3,(H,13,15);1-2H3. The first-order valence-corrected chi connectivity index (χ1v) is 6.28. The van der Waals surface area contributed by atoms with Crippen molar-refractivity contribution in [1.82, 2.24) is 10.2 Å². The summed E-state index contributed by atoms with van der Waals surface area (Å²) < 4.78 is 0. The molecule has 1 amide bonds. The van der Waals surface area contributed by atoms with Gasteiger partial charge in [-0.1, -0.05) is 43.7 Å². The largest absolute Gasteiger partial charge is 0.354 e. The van der Waals surface area contributed by atoms with Crippen LogP contribution in [0.4, 0.5) is 0 Å². The van der Waals surface area contributed by atoms with Gasteiger partial charge in [-0.15, -0.1) is 0 Å². The Morgan fingerprint density at radius 2 is 2.12 bits per heavy atom. The third-order valence-electron chi connectivity index (χ3n) is 2.61. The average Bonchev–Trinajstić information content (AvgIpc) is 2.31. The van der Waals surface area contributed by atoms with E-state index in [0.29, 0.717) is 6.54 Å². The van der Waals surface area contributed by atoms with Gasteiger partial charge < -0.3 is 5.32 Å². The summed E-state index contributed by atoms with van der Waals surface area (Å²) in [5.41, 5.74) is 2.55. The van der Waals surface area contributed by atoms with Gasteiger partial charge in [0.15, 0.2) is 0 Å². The van der Waals surface area contributed by atoms with Crippen LogP contribution in [0.5, 0.6) is 0 Å². The minimum atomic E-state index is 0.133. The van der Waals surface area contributed by atoms with Crippen molar-refractivity contribution < 1.29 is 4.79 Å². The molecule has 2 rings (SSSR count). The van der Waals surface area contributed by atoms with Crippen LogP contribution in [-0.4, -0.2) is 30.4 Å². The van der Waals surface area contributed by atoms with Crippen LogP contribution in [0, 0.1) is 6.92 Å². The Kier molecular flexibility index (Phi) is 5.70. The monoisotopic (exact) mass is 234 g/mol. The van der Waals surface area contributed by atoms with Crippen LogP contribution in [-0.2, 0) is 11.3 Å². The van der Waals surface area contributed by atoms with E-state index in [0.717, 1.165) is 19.6 Å². The number of piperazine rings is 1. The van der Waals surface area contributed by atoms with Crippen molar-refractivity contribution >= 4 is 5.91 Å². The Bertz CT molecular complexity index is 363. The van der Waals surface area contributed by atoms with E-state index in [9.17, 15) is 4.79 Å². The van der Waals surface area contributed by atoms with Gasteiger partial charge in [-0.2, -0.15) is 0 Å². The molecule has 1 saturated heterocycles. The van der Waals surface area contributed by atoms with Gasteiger partial charge in [-0.3, -0.25) is 9.69 Å². The molecule has 1 N–H and O–H groups in total. The van der Waals surface area contributed by atoms with Gasteiger partial charge in [-0.05, 0) is 12.5 Å². The molecule has 1 fully saturated rings. The molecule has 1 aliphatic heterocycles. The molecule has 3 heteroatoms. The fourth-order valence-corrected chi connectivity index (χ4v) is 1.90. The number of aryl methyl sites for hydroxylation is 1. The quantitative estimate of drug-likeness (QED) is 0.848. The zero-order chi connectivity index (χ0) is 12.7. The predicted octanol–water partition coefficient (Wildman–Crippen LogP) is 1.95. The lowest BCUT2D eigenvalue weighted by atomic mass is 10.1. The maximum Gasteiger partial charge on any atom is 0.234 e. The van der Waals surface area contributed by atoms with E-state index in [1.165, 1.54) is 11.1 Å². The summed E-state index contributed by atoms with van der Waals surface area (Å²) in [6, 6.07) is 8.44. The number of nitrogens with one attached hydrogen (secondary N) is 1. The SMILES string of the molecule is CC.Cc1cccc(CN2CCNC(=O)C2)c1. The van der Waals surface area contributed by atoms with E-state index < -0.39 is 0 Å². The highest BCUT2D eigenvalue weighted by Gasteiger charge is 2.15. The Hall–Kier alpha value is -1.35. The lowest BCUT2D eigenvalue weighted by Gasteiger charge is -2.26. The summed E-state index contributed by atoms with van der Waals surface area (Å²) in [6.07, 6.45) is 0. The molecule has 0 bridgehead atoms. The van der Waals surface area contributed by atoms with Gasteiger partial charge in [0, 0.05) is 19.6 Å². The molecule has 0 aromatic heterocycles. The van der Waals surface area contributed by atoms with E-state index in [2.05, 4.69) is 41.4 Å². The first kappa shape index (κ1) is 13.7. The second-order valence-electron chi connectivity index (χ2n) is 4.05. The molecule has 0 aliphatic carbocycles. The summed E-state index contributed by atoms with van der Waals surface area (Å²) in [6.45, 7) is 9.19. The molecule has 0 unspecified atom stereocenters. The van der Waals surface area contributed by atoms with Crippen LogP contribution in [0.2, 0.25) is 0 Å². The van der Waals surface area contributed by atoms with Crippen LogP contribution in [0.25, 0.3) is 0 Å². The highest BCUT2D eigenvalue weighted by atomic mass is 16.2. The molecular formula is C14H22N2O. The van der Waals surface area contributed by atoms with Gasteiger partial charge in [-0.25, -0.2) is 0 Å². The zero-order valence-corrected chi connectivity index (χ0v) is 11.0. The smallest absolute Gasteiger partial charge is 0.234 e. The van der Waals surface area contributed by atoms with Crippen molar-refractivity contribution in [2.75, 3.05) is 19.6 Å². The van der Waals surface area contributed by atoms with E-state index in [4.69, 9.17) is 0 Å². The number of rotatable bonds is 2. The lowest BCUT2D eigenvalue weighted by Crippen LogP contribution is -2.47. The van der Waals surface area contributed by atoms with E-state index in [1.54, 1.807) is 0 Å². The van der Waals surface area contributed by atoms with Gasteiger partial charge in [0.2, 0.25) is 5.91 Å². The molecular weight excluding hydrogens is 212 g/mol. The second-order valence-corrected chi connectivity index (χ2v) is 4.05. The molecule has 1 aromatic rings. The lowest BCUT2D eigenvalue weighted by molar-refractivity contribution is -0.124. The van der Waals surface area contributed by atoms with Gasteiger partial charge in [0.05, 0.1) is 6.54 Å². The molecule has 0 radical (unpaired) electrons. The molecule has 0 atom stereocenters. The fraction of sp³-hybridized carbons (Fsp3) is 0.500. The maximum atomic E-state index is 11.2. The van der Waals surface area contributed by atoms with Crippen molar-refractivity contribution in [3.63, 3.8) is 0 Å². The Labute approximate surface area is 104 Å². The normalized spacial score (nSPS) is 15.8. The van der Waals surface area contributed by atoms with Gasteiger partial charge >= 0.3 is 0 Å². The summed E-state index contributed by atoms with van der Waals surface area (Å²) >= 11 is 0. The first-order chi connectivity index (χ1) is 8.24. The van der Waals surface area contributed by atoms with Crippen LogP contribution in [0.1, 0.15) is 25.0 Å². The summed E-state index contributed by atoms with van der Waals surface area (Å²) in [5.74, 6) is 0.133. The van der Waals surface area contributed by atoms with Gasteiger partial charge in [0.1, 0.15) is 0 Å². The van der Waals surface area contributed by atoms with Crippen LogP contribution in [0.15, 0.2) is 24.3 Å². The Morgan fingerprint density at radius 1 is 1.35 bits per heavy atom. The molecule has 0 spiro atoms. The Morgan fingerprint density at radius 3 is 2.76 bits per heavy atom. The number of carbonyl (C=O) groups is 1. The fourth-order valence-electron chi connectivity index (χ4n) is 1.90. The van der Waals surface area contributed by atoms with E-state index >= 15 is 0 Å². The maximum absolute atomic E-state index is 11.2. The number of hydrogen-bond acceptors (Lipinski definition) is 2. The number of hydrogen-bond donors (Lipinski definition) is 1. The van der Waals surface area contributed by atoms with Crippen LogP contribution >= 0.6 is 0 Å². The highest BCUT2D eigenvalue weighted by molar-refractivity contribution is 5.78. The molecule has 1 aromatic carbocycles. The van der Waals surface area contributed by atoms with Crippen LogP contribution in [0.3, 0.4) is 0 Å². The third kappa shape index (κ3) is 4.57. The van der Waals surface area contributed by atoms with Crippen molar-refractivity contribution in [2.24, 2.45) is 0 Å². The minimum absolute atomic E-state index is 0.133. The Balaban J connectivity index is 0.000000686. The number of nitrogens with zero attached hydrogens (tertiary/aromatic N) is 1. The number of benzene rings is 1. The number of amides is 1. The molecule has 17 heavy (non-hydrogen) atoms. The van der Waals surface area contributed by atoms with Crippen LogP contribution < -0.4 is 5.32 Å². The first-order valence-electron chi connectivity index (χ1n) is 6.28. The van der Waals surface area contributed by atoms with Gasteiger partial charge in [0.25, 0.3) is 0 Å². The predicted molar refractivity (Wildman–Crippen MR) is 70.8 cm³/mol. The molecule has 94 valence electrons. The zero-order valence-electron chi connectivity index (χ0n) is 11.0. The van der Waals surface area contributed by atoms with Crippen molar-refractivity contribution in [3.8, 4) is 0 Å². The third-order valence-corrected chi connectivity index (χ3v) is 2.61. The van der Waals surface area contributed by atoms with Crippen molar-refractivity contribution in [2.45, 2.75) is 27.3 Å². The molecule has 1 heterocycles. The van der Waals surface area contributed by atoms with E-state index in [1.807, 2.05) is 13.8 Å². The number of carbonyl (C=O) groups excluding carboxylic acids is 1. The van der Waals surface area contributed by atoms with E-state index in [-0.39, 0.29) is 5.91 Å². The summed E-state index contributed by atoms with van der Waals surface area (Å²) in [7, 11) is 0. The van der Waals surface area contributed by atoms with Crippen molar-refractivity contribution in [1.29, 1.82) is 0 Å².